The minimum Gasteiger partial charge on any atom is -0.469 e. The smallest absolute Gasteiger partial charge is 0.426 e. The number of carbonyl (C=O) groups excluding carboxylic acids is 3. The van der Waals surface area contributed by atoms with E-state index in [1.54, 1.807) is 20.8 Å². The highest BCUT2D eigenvalue weighted by Crippen LogP contribution is 2.19. The molecule has 1 aliphatic rings. The lowest BCUT2D eigenvalue weighted by Crippen LogP contribution is -2.59. The van der Waals surface area contributed by atoms with Gasteiger partial charge in [0.15, 0.2) is 0 Å². The molecule has 130 valence electrons. The first kappa shape index (κ1) is 19.2. The molecule has 0 saturated carbocycles. The molecule has 0 bridgehead atoms. The van der Waals surface area contributed by atoms with Crippen LogP contribution in [0.3, 0.4) is 0 Å². The van der Waals surface area contributed by atoms with Gasteiger partial charge in [-0.1, -0.05) is 0 Å². The predicted molar refractivity (Wildman–Crippen MR) is 81.9 cm³/mol. The van der Waals surface area contributed by atoms with Crippen LogP contribution in [-0.4, -0.2) is 54.8 Å². The lowest BCUT2D eigenvalue weighted by molar-refractivity contribution is -0.152. The quantitative estimate of drug-likeness (QED) is 0.579. The number of piperidine rings is 1. The van der Waals surface area contributed by atoms with Crippen molar-refractivity contribution in [2.45, 2.75) is 45.3 Å². The highest BCUT2D eigenvalue weighted by atomic mass is 16.6. The van der Waals surface area contributed by atoms with Crippen LogP contribution in [0.15, 0.2) is 0 Å². The number of hydrogen-bond acceptors (Lipinski definition) is 6. The van der Waals surface area contributed by atoms with Gasteiger partial charge in [-0.25, -0.2) is 15.2 Å². The van der Waals surface area contributed by atoms with Gasteiger partial charge in [0.2, 0.25) is 0 Å². The van der Waals surface area contributed by atoms with Gasteiger partial charge in [-0.05, 0) is 47.1 Å². The molecule has 8 heteroatoms. The second-order valence-electron chi connectivity index (χ2n) is 6.27. The van der Waals surface area contributed by atoms with Crippen molar-refractivity contribution in [2.24, 2.45) is 5.92 Å². The van der Waals surface area contributed by atoms with E-state index < -0.39 is 35.5 Å². The molecule has 1 fully saturated rings. The second kappa shape index (κ2) is 8.14. The Kier molecular flexibility index (Phi) is 6.80. The Hall–Kier alpha value is -1.83. The summed E-state index contributed by atoms with van der Waals surface area (Å²) in [6, 6.07) is -0.797. The van der Waals surface area contributed by atoms with Crippen molar-refractivity contribution in [1.29, 1.82) is 0 Å². The summed E-state index contributed by atoms with van der Waals surface area (Å²) in [5.74, 6) is -1.59. The highest BCUT2D eigenvalue weighted by Gasteiger charge is 2.39. The molecule has 2 atom stereocenters. The van der Waals surface area contributed by atoms with Crippen LogP contribution in [0, 0.1) is 12.8 Å². The first-order valence-electron chi connectivity index (χ1n) is 7.52. The fraction of sp³-hybridized carbons (Fsp3) is 0.733. The number of hydrogen-bond donors (Lipinski definition) is 2. The first-order chi connectivity index (χ1) is 10.7. The molecule has 1 aliphatic heterocycles. The number of ether oxygens (including phenoxy) is 2. The monoisotopic (exact) mass is 327 g/mol. The lowest BCUT2D eigenvalue weighted by atomic mass is 9.90. The van der Waals surface area contributed by atoms with E-state index in [-0.39, 0.29) is 6.54 Å². The van der Waals surface area contributed by atoms with Crippen LogP contribution in [0.1, 0.15) is 33.6 Å². The van der Waals surface area contributed by atoms with Gasteiger partial charge in [-0.3, -0.25) is 9.59 Å². The predicted octanol–water partition coefficient (Wildman–Crippen LogP) is 0.507. The fourth-order valence-corrected chi connectivity index (χ4v) is 2.32. The van der Waals surface area contributed by atoms with Crippen LogP contribution in [0.2, 0.25) is 0 Å². The molecule has 2 radical (unpaired) electrons. The van der Waals surface area contributed by atoms with Crippen LogP contribution in [0.4, 0.5) is 4.79 Å². The number of hydrazine groups is 1. The lowest BCUT2D eigenvalue weighted by Gasteiger charge is -2.33. The Labute approximate surface area is 136 Å². The molecular formula is C15H25N3O5. The van der Waals surface area contributed by atoms with Crippen molar-refractivity contribution >= 4 is 18.0 Å². The van der Waals surface area contributed by atoms with Crippen molar-refractivity contribution in [3.8, 4) is 0 Å². The second-order valence-corrected chi connectivity index (χ2v) is 6.27. The summed E-state index contributed by atoms with van der Waals surface area (Å²) in [5, 5.41) is 3.92. The molecule has 0 aromatic heterocycles. The average Bonchev–Trinajstić information content (AvgIpc) is 2.49. The van der Waals surface area contributed by atoms with Crippen molar-refractivity contribution < 1.29 is 23.9 Å². The Bertz CT molecular complexity index is 447. The van der Waals surface area contributed by atoms with Gasteiger partial charge < -0.3 is 14.8 Å². The largest absolute Gasteiger partial charge is 0.469 e. The molecule has 1 heterocycles. The number of amides is 2. The van der Waals surface area contributed by atoms with Crippen LogP contribution in [-0.2, 0) is 19.1 Å². The Morgan fingerprint density at radius 2 is 2.00 bits per heavy atom. The molecule has 2 N–H and O–H groups in total. The van der Waals surface area contributed by atoms with Crippen LogP contribution in [0.25, 0.3) is 0 Å². The van der Waals surface area contributed by atoms with Gasteiger partial charge in [-0.2, -0.15) is 0 Å². The topological polar surface area (TPSA) is 97.0 Å². The van der Waals surface area contributed by atoms with E-state index in [1.165, 1.54) is 7.11 Å². The fourth-order valence-electron chi connectivity index (χ4n) is 2.32. The minimum absolute atomic E-state index is 0.246. The maximum atomic E-state index is 12.6. The number of nitrogens with zero attached hydrogens (tertiary/aromatic N) is 1. The molecular weight excluding hydrogens is 302 g/mol. The zero-order valence-corrected chi connectivity index (χ0v) is 14.0. The number of esters is 1. The molecule has 0 aromatic carbocycles. The molecule has 1 saturated heterocycles. The third kappa shape index (κ3) is 5.70. The van der Waals surface area contributed by atoms with E-state index in [4.69, 9.17) is 16.4 Å². The summed E-state index contributed by atoms with van der Waals surface area (Å²) in [6.45, 7) is 11.0. The van der Waals surface area contributed by atoms with E-state index in [0.29, 0.717) is 13.0 Å². The number of nitrogens with one attached hydrogen (secondary N) is 2. The van der Waals surface area contributed by atoms with Crippen molar-refractivity contribution in [3.63, 3.8) is 0 Å². The maximum absolute atomic E-state index is 12.6. The summed E-state index contributed by atoms with van der Waals surface area (Å²) < 4.78 is 9.83. The summed E-state index contributed by atoms with van der Waals surface area (Å²) in [5.41, 5.74) is 1.60. The SMILES string of the molecule is [CH]CN(NC(=O)OC(C)(C)C)C(=O)[C@H]1NCCC[C@H]1C(=O)OC. The normalized spacial score (nSPS) is 21.3. The molecule has 0 aliphatic carbocycles. The van der Waals surface area contributed by atoms with E-state index in [9.17, 15) is 14.4 Å². The average molecular weight is 327 g/mol. The molecule has 2 amide bonds. The first-order valence-corrected chi connectivity index (χ1v) is 7.52. The maximum Gasteiger partial charge on any atom is 0.426 e. The van der Waals surface area contributed by atoms with Gasteiger partial charge in [0.05, 0.1) is 13.0 Å². The summed E-state index contributed by atoms with van der Waals surface area (Å²) in [4.78, 5) is 36.2. The van der Waals surface area contributed by atoms with E-state index >= 15 is 0 Å². The Balaban J connectivity index is 2.77. The molecule has 23 heavy (non-hydrogen) atoms. The van der Waals surface area contributed by atoms with E-state index in [0.717, 1.165) is 11.4 Å². The number of rotatable bonds is 3. The molecule has 0 spiro atoms. The highest BCUT2D eigenvalue weighted by molar-refractivity contribution is 5.89. The van der Waals surface area contributed by atoms with Crippen LogP contribution in [0.5, 0.6) is 0 Å². The molecule has 1 rings (SSSR count). The molecule has 8 nitrogen and oxygen atoms in total. The summed E-state index contributed by atoms with van der Waals surface area (Å²) >= 11 is 0. The third-order valence-electron chi connectivity index (χ3n) is 3.30. The van der Waals surface area contributed by atoms with Crippen molar-refractivity contribution in [1.82, 2.24) is 15.8 Å². The van der Waals surface area contributed by atoms with Gasteiger partial charge in [0.25, 0.3) is 5.91 Å². The zero-order valence-electron chi connectivity index (χ0n) is 14.0. The van der Waals surface area contributed by atoms with Gasteiger partial charge in [0.1, 0.15) is 11.6 Å². The molecule has 0 unspecified atom stereocenters. The van der Waals surface area contributed by atoms with Crippen molar-refractivity contribution in [3.05, 3.63) is 6.92 Å². The zero-order chi connectivity index (χ0) is 17.6. The van der Waals surface area contributed by atoms with Gasteiger partial charge in [-0.15, -0.1) is 0 Å². The van der Waals surface area contributed by atoms with E-state index in [2.05, 4.69) is 10.7 Å². The Morgan fingerprint density at radius 3 is 2.52 bits per heavy atom. The van der Waals surface area contributed by atoms with Crippen LogP contribution >= 0.6 is 0 Å². The third-order valence-corrected chi connectivity index (χ3v) is 3.30. The van der Waals surface area contributed by atoms with Crippen molar-refractivity contribution in [2.75, 3.05) is 20.2 Å². The summed E-state index contributed by atoms with van der Waals surface area (Å²) in [7, 11) is 1.28. The van der Waals surface area contributed by atoms with Gasteiger partial charge >= 0.3 is 12.1 Å². The van der Waals surface area contributed by atoms with E-state index in [1.807, 2.05) is 0 Å². The molecule has 0 aromatic rings. The van der Waals surface area contributed by atoms with Crippen LogP contribution < -0.4 is 10.7 Å². The van der Waals surface area contributed by atoms with Gasteiger partial charge in [0, 0.05) is 6.54 Å². The number of methoxy groups -OCH3 is 1. The minimum atomic E-state index is -0.797. The standard InChI is InChI=1S/C15H25N3O5/c1-6-18(17-14(21)23-15(2,3)4)12(19)11-10(13(20)22-5)8-7-9-16-11/h1,10-11,16H,6-9H2,2-5H3,(H,17,21)/t10-,11+/m1/s1. The summed E-state index contributed by atoms with van der Waals surface area (Å²) in [6.07, 6.45) is 0.494. The number of carbonyl (C=O) groups is 3. The Morgan fingerprint density at radius 1 is 1.35 bits per heavy atom.